The molecule has 0 bridgehead atoms. The van der Waals surface area contributed by atoms with E-state index in [9.17, 15) is 19.7 Å². The predicted molar refractivity (Wildman–Crippen MR) is 80.3 cm³/mol. The molecule has 10 heteroatoms. The van der Waals surface area contributed by atoms with Crippen LogP contribution in [0.3, 0.4) is 0 Å². The number of rotatable bonds is 3. The molecule has 0 aliphatic carbocycles. The number of hydrogen-bond acceptors (Lipinski definition) is 7. The molecule has 1 aromatic heterocycles. The Morgan fingerprint density at radius 2 is 2.17 bits per heavy atom. The average Bonchev–Trinajstić information content (AvgIpc) is 3.01. The molecule has 1 amide bonds. The Morgan fingerprint density at radius 3 is 2.87 bits per heavy atom. The van der Waals surface area contributed by atoms with Crippen LogP contribution in [0, 0.1) is 16.0 Å². The van der Waals surface area contributed by atoms with Crippen LogP contribution in [0.15, 0.2) is 12.1 Å². The fourth-order valence-electron chi connectivity index (χ4n) is 2.68. The summed E-state index contributed by atoms with van der Waals surface area (Å²) in [6, 6.07) is 2.63. The van der Waals surface area contributed by atoms with Gasteiger partial charge in [-0.3, -0.25) is 19.7 Å². The van der Waals surface area contributed by atoms with Gasteiger partial charge in [-0.15, -0.1) is 0 Å². The van der Waals surface area contributed by atoms with Crippen LogP contribution in [-0.2, 0) is 4.79 Å². The molecular formula is C13H12N4O5S. The second kappa shape index (κ2) is 5.88. The van der Waals surface area contributed by atoms with Gasteiger partial charge in [0.1, 0.15) is 5.52 Å². The number of benzene rings is 1. The summed E-state index contributed by atoms with van der Waals surface area (Å²) in [6.07, 6.45) is 1.11. The second-order valence-electron chi connectivity index (χ2n) is 5.31. The number of nitrogens with zero attached hydrogens (tertiary/aromatic N) is 4. The molecule has 1 fully saturated rings. The lowest BCUT2D eigenvalue weighted by Gasteiger charge is -2.30. The molecule has 0 spiro atoms. The van der Waals surface area contributed by atoms with Crippen molar-refractivity contribution in [1.29, 1.82) is 0 Å². The lowest BCUT2D eigenvalue weighted by molar-refractivity contribution is -0.383. The number of hydrogen-bond donors (Lipinski definition) is 1. The Morgan fingerprint density at radius 1 is 1.39 bits per heavy atom. The fourth-order valence-corrected chi connectivity index (χ4v) is 3.22. The molecule has 1 N–H and O–H groups in total. The number of aromatic nitrogens is 2. The third-order valence-electron chi connectivity index (χ3n) is 3.84. The molecule has 120 valence electrons. The number of nitro benzene ring substituents is 1. The van der Waals surface area contributed by atoms with Crippen LogP contribution in [0.1, 0.15) is 23.2 Å². The molecule has 3 rings (SSSR count). The van der Waals surface area contributed by atoms with Crippen molar-refractivity contribution in [3.8, 4) is 0 Å². The molecular weight excluding hydrogens is 324 g/mol. The largest absolute Gasteiger partial charge is 0.481 e. The first-order valence-corrected chi connectivity index (χ1v) is 7.63. The van der Waals surface area contributed by atoms with Gasteiger partial charge in [-0.05, 0) is 18.9 Å². The number of non-ortho nitro benzene ring substituents is 1. The van der Waals surface area contributed by atoms with E-state index in [-0.39, 0.29) is 23.3 Å². The maximum Gasteiger partial charge on any atom is 0.308 e. The maximum absolute atomic E-state index is 12.6. The summed E-state index contributed by atoms with van der Waals surface area (Å²) in [6.45, 7) is 0.541. The number of carboxylic acids is 1. The minimum absolute atomic E-state index is 0.106. The molecule has 1 saturated heterocycles. The quantitative estimate of drug-likeness (QED) is 0.665. The smallest absolute Gasteiger partial charge is 0.308 e. The van der Waals surface area contributed by atoms with Gasteiger partial charge >= 0.3 is 5.97 Å². The van der Waals surface area contributed by atoms with Gasteiger partial charge in [0.2, 0.25) is 0 Å². The topological polar surface area (TPSA) is 127 Å². The summed E-state index contributed by atoms with van der Waals surface area (Å²) in [4.78, 5) is 35.6. The van der Waals surface area contributed by atoms with Crippen LogP contribution in [0.4, 0.5) is 5.69 Å². The monoisotopic (exact) mass is 336 g/mol. The Kier molecular flexibility index (Phi) is 3.90. The number of aliphatic carboxylic acids is 1. The Bertz CT molecular complexity index is 805. The molecule has 23 heavy (non-hydrogen) atoms. The van der Waals surface area contributed by atoms with E-state index < -0.39 is 22.7 Å². The van der Waals surface area contributed by atoms with Crippen molar-refractivity contribution in [2.45, 2.75) is 12.8 Å². The Labute approximate surface area is 134 Å². The Balaban J connectivity index is 1.94. The van der Waals surface area contributed by atoms with Gasteiger partial charge in [-0.2, -0.15) is 8.75 Å². The number of likely N-dealkylation sites (tertiary alicyclic amines) is 1. The van der Waals surface area contributed by atoms with Gasteiger partial charge in [0.05, 0.1) is 22.6 Å². The summed E-state index contributed by atoms with van der Waals surface area (Å²) >= 11 is 0.838. The first-order chi connectivity index (χ1) is 11.0. The van der Waals surface area contributed by atoms with E-state index in [1.807, 2.05) is 0 Å². The van der Waals surface area contributed by atoms with Crippen molar-refractivity contribution in [1.82, 2.24) is 13.6 Å². The lowest BCUT2D eigenvalue weighted by atomic mass is 9.97. The van der Waals surface area contributed by atoms with Gasteiger partial charge in [0.15, 0.2) is 5.52 Å². The number of piperidine rings is 1. The van der Waals surface area contributed by atoms with Gasteiger partial charge in [-0.1, -0.05) is 0 Å². The van der Waals surface area contributed by atoms with Crippen molar-refractivity contribution >= 4 is 40.3 Å². The van der Waals surface area contributed by atoms with Crippen LogP contribution in [0.5, 0.6) is 0 Å². The van der Waals surface area contributed by atoms with E-state index >= 15 is 0 Å². The highest BCUT2D eigenvalue weighted by Gasteiger charge is 2.30. The number of carbonyl (C=O) groups is 2. The highest BCUT2D eigenvalue weighted by Crippen LogP contribution is 2.27. The minimum Gasteiger partial charge on any atom is -0.481 e. The molecule has 0 unspecified atom stereocenters. The molecule has 1 atom stereocenters. The number of fused-ring (bicyclic) bond motifs is 1. The molecule has 0 saturated carbocycles. The van der Waals surface area contributed by atoms with E-state index in [4.69, 9.17) is 5.11 Å². The second-order valence-corrected chi connectivity index (χ2v) is 5.84. The van der Waals surface area contributed by atoms with Crippen molar-refractivity contribution in [3.63, 3.8) is 0 Å². The van der Waals surface area contributed by atoms with Crippen LogP contribution in [0.25, 0.3) is 11.0 Å². The first kappa shape index (κ1) is 15.3. The standard InChI is InChI=1S/C13H12N4O5S/c18-12(16-3-1-2-7(6-16)13(19)20)8-4-9-11(15-23-14-9)10(5-8)17(21)22/h4-5,7H,1-3,6H2,(H,19,20)/t7-/m0/s1. The van der Waals surface area contributed by atoms with Crippen molar-refractivity contribution in [3.05, 3.63) is 27.8 Å². The van der Waals surface area contributed by atoms with Gasteiger partial charge in [0, 0.05) is 24.7 Å². The number of carbonyl (C=O) groups excluding carboxylic acids is 1. The first-order valence-electron chi connectivity index (χ1n) is 6.90. The summed E-state index contributed by atoms with van der Waals surface area (Å²) in [5.41, 5.74) is 0.298. The number of amides is 1. The summed E-state index contributed by atoms with van der Waals surface area (Å²) in [7, 11) is 0. The maximum atomic E-state index is 12.6. The Hall–Kier alpha value is -2.62. The fraction of sp³-hybridized carbons (Fsp3) is 0.385. The predicted octanol–water partition coefficient (Wildman–Crippen LogP) is 1.54. The number of carboxylic acid groups (broad SMARTS) is 1. The van der Waals surface area contributed by atoms with E-state index in [1.54, 1.807) is 0 Å². The summed E-state index contributed by atoms with van der Waals surface area (Å²) < 4.78 is 7.83. The molecule has 9 nitrogen and oxygen atoms in total. The van der Waals surface area contributed by atoms with E-state index in [0.29, 0.717) is 24.9 Å². The zero-order chi connectivity index (χ0) is 16.6. The number of nitro groups is 1. The van der Waals surface area contributed by atoms with Crippen molar-refractivity contribution < 1.29 is 19.6 Å². The molecule has 2 aromatic rings. The molecule has 1 aliphatic heterocycles. The lowest BCUT2D eigenvalue weighted by Crippen LogP contribution is -2.42. The van der Waals surface area contributed by atoms with Crippen molar-refractivity contribution in [2.75, 3.05) is 13.1 Å². The van der Waals surface area contributed by atoms with Crippen molar-refractivity contribution in [2.24, 2.45) is 5.92 Å². The van der Waals surface area contributed by atoms with E-state index in [1.165, 1.54) is 17.0 Å². The van der Waals surface area contributed by atoms with E-state index in [0.717, 1.165) is 11.7 Å². The average molecular weight is 336 g/mol. The van der Waals surface area contributed by atoms with E-state index in [2.05, 4.69) is 8.75 Å². The highest BCUT2D eigenvalue weighted by atomic mass is 32.1. The summed E-state index contributed by atoms with van der Waals surface area (Å²) in [5, 5.41) is 20.2. The minimum atomic E-state index is -0.937. The van der Waals surface area contributed by atoms with Gasteiger partial charge < -0.3 is 10.0 Å². The van der Waals surface area contributed by atoms with Crippen LogP contribution in [-0.4, -0.2) is 48.6 Å². The third kappa shape index (κ3) is 2.84. The third-order valence-corrected chi connectivity index (χ3v) is 4.39. The van der Waals surface area contributed by atoms with Crippen LogP contribution in [0.2, 0.25) is 0 Å². The molecule has 0 radical (unpaired) electrons. The summed E-state index contributed by atoms with van der Waals surface area (Å²) in [5.74, 6) is -1.96. The molecule has 2 heterocycles. The zero-order valence-electron chi connectivity index (χ0n) is 11.8. The molecule has 1 aliphatic rings. The van der Waals surface area contributed by atoms with Crippen LogP contribution < -0.4 is 0 Å². The highest BCUT2D eigenvalue weighted by molar-refractivity contribution is 7.00. The normalized spacial score (nSPS) is 18.1. The zero-order valence-corrected chi connectivity index (χ0v) is 12.7. The SMILES string of the molecule is O=C(O)[C@H]1CCCN(C(=O)c2cc([N+](=O)[O-])c3nsnc3c2)C1. The molecule has 1 aromatic carbocycles. The van der Waals surface area contributed by atoms with Gasteiger partial charge in [0.25, 0.3) is 11.6 Å². The van der Waals surface area contributed by atoms with Gasteiger partial charge in [-0.25, -0.2) is 0 Å². The van der Waals surface area contributed by atoms with Crippen LogP contribution >= 0.6 is 11.7 Å².